The Bertz CT molecular complexity index is 1320. The lowest BCUT2D eigenvalue weighted by Crippen LogP contribution is -2.29. The molecule has 0 saturated heterocycles. The predicted molar refractivity (Wildman–Crippen MR) is 152 cm³/mol. The average Bonchev–Trinajstić information content (AvgIpc) is 3.39. The lowest BCUT2D eigenvalue weighted by Gasteiger charge is -2.38. The van der Waals surface area contributed by atoms with Gasteiger partial charge in [-0.15, -0.1) is 11.8 Å². The fourth-order valence-corrected chi connectivity index (χ4v) is 6.08. The molecular weight excluding hydrogens is 486 g/mol. The van der Waals surface area contributed by atoms with Gasteiger partial charge >= 0.3 is 0 Å². The molecule has 3 aromatic rings. The molecule has 3 aromatic carbocycles. The van der Waals surface area contributed by atoms with Crippen molar-refractivity contribution in [3.05, 3.63) is 112 Å². The minimum atomic E-state index is -0.0903. The summed E-state index contributed by atoms with van der Waals surface area (Å²) in [7, 11) is 0. The molecule has 6 heteroatoms. The van der Waals surface area contributed by atoms with Crippen LogP contribution in [-0.4, -0.2) is 17.4 Å². The fraction of sp³-hybridized carbons (Fsp3) is 0.267. The maximum Gasteiger partial charge on any atom is 0.250 e. The minimum absolute atomic E-state index is 0.0903. The van der Waals surface area contributed by atoms with Crippen LogP contribution in [0.4, 0.5) is 5.69 Å². The van der Waals surface area contributed by atoms with Gasteiger partial charge < -0.3 is 5.32 Å². The molecule has 36 heavy (non-hydrogen) atoms. The molecule has 0 radical (unpaired) electrons. The highest BCUT2D eigenvalue weighted by molar-refractivity contribution is 7.99. The Morgan fingerprint density at radius 3 is 2.72 bits per heavy atom. The van der Waals surface area contributed by atoms with E-state index in [-0.39, 0.29) is 11.9 Å². The summed E-state index contributed by atoms with van der Waals surface area (Å²) < 4.78 is 0. The number of nitrogens with zero attached hydrogens (tertiary/aromatic N) is 1. The van der Waals surface area contributed by atoms with Gasteiger partial charge in [0.05, 0.1) is 17.5 Å². The van der Waals surface area contributed by atoms with Crippen LogP contribution in [0.25, 0.3) is 0 Å². The zero-order chi connectivity index (χ0) is 25.1. The molecule has 1 aliphatic carbocycles. The first-order chi connectivity index (χ1) is 17.5. The molecule has 2 aliphatic rings. The Morgan fingerprint density at radius 2 is 1.92 bits per heavy atom. The summed E-state index contributed by atoms with van der Waals surface area (Å²) in [5, 5.41) is 8.94. The smallest absolute Gasteiger partial charge is 0.250 e. The van der Waals surface area contributed by atoms with Crippen molar-refractivity contribution >= 4 is 40.7 Å². The summed E-state index contributed by atoms with van der Waals surface area (Å²) in [6.45, 7) is 4.01. The average molecular weight is 516 g/mol. The first kappa shape index (κ1) is 24.7. The summed E-state index contributed by atoms with van der Waals surface area (Å²) >= 11 is 8.15. The van der Waals surface area contributed by atoms with Crippen LogP contribution in [0.3, 0.4) is 0 Å². The van der Waals surface area contributed by atoms with Crippen molar-refractivity contribution in [3.8, 4) is 0 Å². The Kier molecular flexibility index (Phi) is 7.49. The number of benzene rings is 3. The molecule has 0 aromatic heterocycles. The molecule has 3 atom stereocenters. The second kappa shape index (κ2) is 10.9. The molecule has 0 fully saturated rings. The highest BCUT2D eigenvalue weighted by Crippen LogP contribution is 2.50. The van der Waals surface area contributed by atoms with Crippen LogP contribution < -0.4 is 10.7 Å². The van der Waals surface area contributed by atoms with Gasteiger partial charge in [0.25, 0.3) is 0 Å². The van der Waals surface area contributed by atoms with Gasteiger partial charge in [-0.3, -0.25) is 4.79 Å². The second-order valence-corrected chi connectivity index (χ2v) is 10.9. The number of rotatable bonds is 7. The van der Waals surface area contributed by atoms with Gasteiger partial charge in [0.2, 0.25) is 5.91 Å². The third kappa shape index (κ3) is 5.37. The molecule has 1 aliphatic heterocycles. The number of carbonyl (C=O) groups excluding carboxylic acids is 1. The highest BCUT2D eigenvalue weighted by atomic mass is 35.5. The Balaban J connectivity index is 1.25. The van der Waals surface area contributed by atoms with Gasteiger partial charge in [-0.05, 0) is 66.6 Å². The minimum Gasteiger partial charge on any atom is -0.378 e. The van der Waals surface area contributed by atoms with Gasteiger partial charge in [-0.1, -0.05) is 77.8 Å². The quantitative estimate of drug-likeness (QED) is 0.198. The number of aryl methyl sites for hydroxylation is 1. The topological polar surface area (TPSA) is 53.5 Å². The van der Waals surface area contributed by atoms with E-state index in [1.165, 1.54) is 16.7 Å². The summed E-state index contributed by atoms with van der Waals surface area (Å²) in [4.78, 5) is 12.3. The standard InChI is InChI=1S/C30H30ClN3OS/c1-19-10-12-21(13-11-19)17-36-18-29(35)34-33-20(2)22-14-15-28-26(16-22)23-7-5-8-24(23)30(32-28)25-6-3-4-9-27(25)31/h3-7,9-16,23-24,30,32H,8,17-18H2,1-2H3,(H,34,35)/b33-20-/t23-,24+,30-/m1/s1. The van der Waals surface area contributed by atoms with Crippen LogP contribution in [0.5, 0.6) is 0 Å². The van der Waals surface area contributed by atoms with Crippen molar-refractivity contribution in [2.45, 2.75) is 38.0 Å². The molecule has 0 bridgehead atoms. The van der Waals surface area contributed by atoms with Crippen LogP contribution >= 0.6 is 23.4 Å². The first-order valence-electron chi connectivity index (χ1n) is 12.3. The molecule has 5 rings (SSSR count). The third-order valence-corrected chi connectivity index (χ3v) is 8.34. The van der Waals surface area contributed by atoms with E-state index in [0.717, 1.165) is 39.7 Å². The van der Waals surface area contributed by atoms with Gasteiger partial charge in [-0.25, -0.2) is 5.43 Å². The Hall–Kier alpha value is -3.02. The lowest BCUT2D eigenvalue weighted by molar-refractivity contribution is -0.118. The van der Waals surface area contributed by atoms with Crippen LogP contribution in [0.15, 0.2) is 84.0 Å². The van der Waals surface area contributed by atoms with E-state index in [1.807, 2.05) is 25.1 Å². The predicted octanol–water partition coefficient (Wildman–Crippen LogP) is 7.25. The van der Waals surface area contributed by atoms with Crippen LogP contribution in [0, 0.1) is 12.8 Å². The van der Waals surface area contributed by atoms with E-state index in [9.17, 15) is 4.79 Å². The van der Waals surface area contributed by atoms with E-state index in [1.54, 1.807) is 11.8 Å². The highest BCUT2D eigenvalue weighted by Gasteiger charge is 2.38. The summed E-state index contributed by atoms with van der Waals surface area (Å²) in [5.41, 5.74) is 10.5. The summed E-state index contributed by atoms with van der Waals surface area (Å²) in [5.74, 6) is 1.82. The molecule has 1 amide bonds. The maximum atomic E-state index is 12.3. The molecule has 184 valence electrons. The number of halogens is 1. The van der Waals surface area contributed by atoms with Crippen molar-refractivity contribution in [1.82, 2.24) is 5.43 Å². The third-order valence-electron chi connectivity index (χ3n) is 6.99. The summed E-state index contributed by atoms with van der Waals surface area (Å²) in [6, 6.07) is 23.1. The normalized spacial score (nSPS) is 20.4. The fourth-order valence-electron chi connectivity index (χ4n) is 5.04. The first-order valence-corrected chi connectivity index (χ1v) is 13.8. The van der Waals surface area contributed by atoms with Gasteiger partial charge in [0.15, 0.2) is 0 Å². The Morgan fingerprint density at radius 1 is 1.11 bits per heavy atom. The van der Waals surface area contributed by atoms with Crippen LogP contribution in [-0.2, 0) is 10.5 Å². The number of anilines is 1. The summed E-state index contributed by atoms with van der Waals surface area (Å²) in [6.07, 6.45) is 5.61. The van der Waals surface area contributed by atoms with Crippen molar-refractivity contribution in [2.24, 2.45) is 11.0 Å². The van der Waals surface area contributed by atoms with Crippen molar-refractivity contribution < 1.29 is 4.79 Å². The molecular formula is C30H30ClN3OS. The number of allylic oxidation sites excluding steroid dienone is 2. The molecule has 4 nitrogen and oxygen atoms in total. The van der Waals surface area contributed by atoms with Crippen LogP contribution in [0.1, 0.15) is 53.1 Å². The number of carbonyl (C=O) groups is 1. The number of nitrogens with one attached hydrogen (secondary N) is 2. The van der Waals surface area contributed by atoms with Crippen molar-refractivity contribution in [1.29, 1.82) is 0 Å². The number of fused-ring (bicyclic) bond motifs is 3. The second-order valence-electron chi connectivity index (χ2n) is 9.51. The molecule has 0 spiro atoms. The molecule has 0 unspecified atom stereocenters. The Labute approximate surface area is 222 Å². The van der Waals surface area contributed by atoms with Crippen molar-refractivity contribution in [2.75, 3.05) is 11.1 Å². The van der Waals surface area contributed by atoms with Gasteiger partial charge in [-0.2, -0.15) is 5.10 Å². The van der Waals surface area contributed by atoms with E-state index < -0.39 is 0 Å². The number of hydrogen-bond acceptors (Lipinski definition) is 4. The monoisotopic (exact) mass is 515 g/mol. The largest absolute Gasteiger partial charge is 0.378 e. The number of hydrogen-bond donors (Lipinski definition) is 2. The zero-order valence-electron chi connectivity index (χ0n) is 20.5. The van der Waals surface area contributed by atoms with Crippen molar-refractivity contribution in [3.63, 3.8) is 0 Å². The van der Waals surface area contributed by atoms with Gasteiger partial charge in [0, 0.05) is 22.4 Å². The lowest BCUT2D eigenvalue weighted by atomic mass is 9.76. The van der Waals surface area contributed by atoms with E-state index in [4.69, 9.17) is 11.6 Å². The van der Waals surface area contributed by atoms with Crippen LogP contribution in [0.2, 0.25) is 5.02 Å². The van der Waals surface area contributed by atoms with E-state index >= 15 is 0 Å². The number of hydrazone groups is 1. The number of amides is 1. The van der Waals surface area contributed by atoms with Gasteiger partial charge in [0.1, 0.15) is 0 Å². The zero-order valence-corrected chi connectivity index (χ0v) is 22.1. The maximum absolute atomic E-state index is 12.3. The SMILES string of the molecule is C/C(=N/NC(=O)CSCc1ccc(C)cc1)c1ccc2c(c1)[C@@H]1C=CC[C@@H]1[C@H](c1ccccc1Cl)N2. The van der Waals surface area contributed by atoms with E-state index in [2.05, 4.69) is 83.5 Å². The number of thioether (sulfide) groups is 1. The molecule has 2 N–H and O–H groups in total. The molecule has 1 heterocycles. The van der Waals surface area contributed by atoms with E-state index in [0.29, 0.717) is 17.6 Å². The molecule has 0 saturated carbocycles.